The van der Waals surface area contributed by atoms with Crippen LogP contribution < -0.4 is 9.62 Å². The lowest BCUT2D eigenvalue weighted by Gasteiger charge is -2.23. The maximum atomic E-state index is 13.5. The van der Waals surface area contributed by atoms with Gasteiger partial charge in [-0.3, -0.25) is 9.10 Å². The number of nitrogens with one attached hydrogen (secondary N) is 1. The van der Waals surface area contributed by atoms with Crippen LogP contribution in [-0.2, 0) is 14.8 Å². The van der Waals surface area contributed by atoms with Crippen molar-refractivity contribution in [1.82, 2.24) is 5.32 Å². The van der Waals surface area contributed by atoms with Gasteiger partial charge in [0.2, 0.25) is 15.9 Å². The number of hydrogen-bond acceptors (Lipinski definition) is 3. The van der Waals surface area contributed by atoms with Gasteiger partial charge in [-0.05, 0) is 36.5 Å². The van der Waals surface area contributed by atoms with Gasteiger partial charge < -0.3 is 5.32 Å². The summed E-state index contributed by atoms with van der Waals surface area (Å²) in [4.78, 5) is 12.5. The first-order valence-electron chi connectivity index (χ1n) is 9.85. The first-order valence-corrected chi connectivity index (χ1v) is 11.7. The van der Waals surface area contributed by atoms with Crippen LogP contribution in [0.15, 0.2) is 48.5 Å². The topological polar surface area (TPSA) is 66.5 Å². The number of anilines is 1. The molecule has 8 heteroatoms. The molecule has 1 amide bonds. The van der Waals surface area contributed by atoms with Crippen LogP contribution in [0, 0.1) is 17.6 Å². The van der Waals surface area contributed by atoms with Gasteiger partial charge >= 0.3 is 0 Å². The molecular weight excluding hydrogens is 410 g/mol. The second kappa shape index (κ2) is 10.5. The van der Waals surface area contributed by atoms with Crippen molar-refractivity contribution in [3.63, 3.8) is 0 Å². The van der Waals surface area contributed by atoms with Crippen molar-refractivity contribution in [3.05, 3.63) is 65.7 Å². The van der Waals surface area contributed by atoms with E-state index in [1.54, 1.807) is 0 Å². The van der Waals surface area contributed by atoms with Crippen LogP contribution >= 0.6 is 0 Å². The van der Waals surface area contributed by atoms with Gasteiger partial charge in [-0.1, -0.05) is 44.2 Å². The molecule has 30 heavy (non-hydrogen) atoms. The Hall–Kier alpha value is -2.48. The van der Waals surface area contributed by atoms with E-state index < -0.39 is 21.7 Å². The molecule has 0 saturated carbocycles. The SMILES string of the molecule is CC(C)CC(NC(=O)CCCN(c1ccc(F)c(F)c1)S(C)(=O)=O)c1ccccc1. The zero-order valence-electron chi connectivity index (χ0n) is 17.4. The van der Waals surface area contributed by atoms with Crippen molar-refractivity contribution in [2.45, 2.75) is 39.2 Å². The fourth-order valence-corrected chi connectivity index (χ4v) is 4.17. The largest absolute Gasteiger partial charge is 0.349 e. The average Bonchev–Trinajstić information content (AvgIpc) is 2.66. The third-order valence-electron chi connectivity index (χ3n) is 4.60. The molecule has 5 nitrogen and oxygen atoms in total. The Kier molecular flexibility index (Phi) is 8.34. The molecule has 0 aliphatic heterocycles. The zero-order chi connectivity index (χ0) is 22.3. The van der Waals surface area contributed by atoms with Crippen molar-refractivity contribution in [3.8, 4) is 0 Å². The molecule has 0 bridgehead atoms. The Bertz CT molecular complexity index is 950. The molecule has 0 aliphatic rings. The van der Waals surface area contributed by atoms with Crippen LogP contribution in [0.25, 0.3) is 0 Å². The molecule has 0 aromatic heterocycles. The van der Waals surface area contributed by atoms with Crippen molar-refractivity contribution in [2.24, 2.45) is 5.92 Å². The number of halogens is 2. The van der Waals surface area contributed by atoms with Gasteiger partial charge in [0.05, 0.1) is 18.0 Å². The molecule has 0 spiro atoms. The summed E-state index contributed by atoms with van der Waals surface area (Å²) in [5.74, 6) is -1.99. The van der Waals surface area contributed by atoms with Gasteiger partial charge in [0, 0.05) is 19.0 Å². The molecule has 2 rings (SSSR count). The fraction of sp³-hybridized carbons (Fsp3) is 0.409. The molecular formula is C22H28F2N2O3S. The van der Waals surface area contributed by atoms with Crippen molar-refractivity contribution in [2.75, 3.05) is 17.1 Å². The van der Waals surface area contributed by atoms with Crippen LogP contribution in [0.4, 0.5) is 14.5 Å². The average molecular weight is 439 g/mol. The molecule has 0 radical (unpaired) electrons. The minimum Gasteiger partial charge on any atom is -0.349 e. The van der Waals surface area contributed by atoms with E-state index in [0.717, 1.165) is 34.7 Å². The first kappa shape index (κ1) is 23.8. The number of rotatable bonds is 10. The highest BCUT2D eigenvalue weighted by molar-refractivity contribution is 7.92. The molecule has 1 unspecified atom stereocenters. The number of amides is 1. The molecule has 0 heterocycles. The van der Waals surface area contributed by atoms with Gasteiger partial charge in [-0.15, -0.1) is 0 Å². The van der Waals surface area contributed by atoms with Gasteiger partial charge in [0.25, 0.3) is 0 Å². The molecule has 1 atom stereocenters. The minimum absolute atomic E-state index is 0.0164. The molecule has 0 fully saturated rings. The van der Waals surface area contributed by atoms with E-state index >= 15 is 0 Å². The highest BCUT2D eigenvalue weighted by Crippen LogP contribution is 2.23. The third kappa shape index (κ3) is 7.09. The summed E-state index contributed by atoms with van der Waals surface area (Å²) in [7, 11) is -3.71. The zero-order valence-corrected chi connectivity index (χ0v) is 18.3. The molecule has 2 aromatic rings. The first-order chi connectivity index (χ1) is 14.1. The number of sulfonamides is 1. The lowest BCUT2D eigenvalue weighted by atomic mass is 9.97. The Morgan fingerprint density at radius 1 is 1.07 bits per heavy atom. The highest BCUT2D eigenvalue weighted by atomic mass is 32.2. The monoisotopic (exact) mass is 438 g/mol. The predicted octanol–water partition coefficient (Wildman–Crippen LogP) is 4.41. The summed E-state index contributed by atoms with van der Waals surface area (Å²) in [5.41, 5.74) is 1.04. The van der Waals surface area contributed by atoms with E-state index in [4.69, 9.17) is 0 Å². The summed E-state index contributed by atoms with van der Waals surface area (Å²) in [6.45, 7) is 4.14. The van der Waals surface area contributed by atoms with Gasteiger partial charge in [0.15, 0.2) is 11.6 Å². The lowest BCUT2D eigenvalue weighted by Crippen LogP contribution is -2.33. The van der Waals surface area contributed by atoms with Crippen molar-refractivity contribution < 1.29 is 22.0 Å². The number of carbonyl (C=O) groups is 1. The maximum Gasteiger partial charge on any atom is 0.232 e. The van der Waals surface area contributed by atoms with Crippen LogP contribution in [0.5, 0.6) is 0 Å². The fourth-order valence-electron chi connectivity index (χ4n) is 3.21. The highest BCUT2D eigenvalue weighted by Gasteiger charge is 2.20. The summed E-state index contributed by atoms with van der Waals surface area (Å²) in [5, 5.41) is 3.02. The molecule has 1 N–H and O–H groups in total. The Balaban J connectivity index is 2.01. The second-order valence-corrected chi connectivity index (χ2v) is 9.60. The normalized spacial score (nSPS) is 12.6. The van der Waals surface area contributed by atoms with Gasteiger partial charge in [-0.2, -0.15) is 0 Å². The van der Waals surface area contributed by atoms with Crippen LogP contribution in [-0.4, -0.2) is 27.1 Å². The lowest BCUT2D eigenvalue weighted by molar-refractivity contribution is -0.122. The Morgan fingerprint density at radius 2 is 1.73 bits per heavy atom. The number of benzene rings is 2. The third-order valence-corrected chi connectivity index (χ3v) is 5.79. The molecule has 164 valence electrons. The maximum absolute atomic E-state index is 13.5. The summed E-state index contributed by atoms with van der Waals surface area (Å²) in [6, 6.07) is 12.5. The van der Waals surface area contributed by atoms with E-state index in [1.165, 1.54) is 6.07 Å². The van der Waals surface area contributed by atoms with E-state index in [1.807, 2.05) is 30.3 Å². The van der Waals surface area contributed by atoms with Crippen LogP contribution in [0.1, 0.15) is 44.7 Å². The van der Waals surface area contributed by atoms with E-state index in [2.05, 4.69) is 19.2 Å². The van der Waals surface area contributed by atoms with E-state index in [-0.39, 0.29) is 37.0 Å². The Labute approximate surface area is 177 Å². The standard InChI is InChI=1S/C22H28F2N2O3S/c1-16(2)14-21(17-8-5-4-6-9-17)25-22(27)10-7-13-26(30(3,28)29)18-11-12-19(23)20(24)15-18/h4-6,8-9,11-12,15-16,21H,7,10,13-14H2,1-3H3,(H,25,27). The van der Waals surface area contributed by atoms with Gasteiger partial charge in [-0.25, -0.2) is 17.2 Å². The molecule has 0 aliphatic carbocycles. The predicted molar refractivity (Wildman–Crippen MR) is 115 cm³/mol. The molecule has 0 saturated heterocycles. The minimum atomic E-state index is -3.71. The van der Waals surface area contributed by atoms with Crippen LogP contribution in [0.2, 0.25) is 0 Å². The number of nitrogens with zero attached hydrogens (tertiary/aromatic N) is 1. The quantitative estimate of drug-likeness (QED) is 0.597. The van der Waals surface area contributed by atoms with Crippen molar-refractivity contribution >= 4 is 21.6 Å². The van der Waals surface area contributed by atoms with Crippen molar-refractivity contribution in [1.29, 1.82) is 0 Å². The van der Waals surface area contributed by atoms with E-state index in [0.29, 0.717) is 5.92 Å². The Morgan fingerprint density at radius 3 is 2.30 bits per heavy atom. The van der Waals surface area contributed by atoms with Gasteiger partial charge in [0.1, 0.15) is 0 Å². The molecule has 2 aromatic carbocycles. The van der Waals surface area contributed by atoms with Crippen LogP contribution in [0.3, 0.4) is 0 Å². The summed E-state index contributed by atoms with van der Waals surface area (Å²) < 4.78 is 51.9. The summed E-state index contributed by atoms with van der Waals surface area (Å²) >= 11 is 0. The van der Waals surface area contributed by atoms with E-state index in [9.17, 15) is 22.0 Å². The number of hydrogen-bond donors (Lipinski definition) is 1. The second-order valence-electron chi connectivity index (χ2n) is 7.70. The number of carbonyl (C=O) groups excluding carboxylic acids is 1. The smallest absolute Gasteiger partial charge is 0.232 e. The summed E-state index contributed by atoms with van der Waals surface area (Å²) in [6.07, 6.45) is 2.11.